The van der Waals surface area contributed by atoms with Crippen LogP contribution in [0, 0.1) is 18.3 Å². The first kappa shape index (κ1) is 21.1. The molecule has 30 heavy (non-hydrogen) atoms. The fourth-order valence-electron chi connectivity index (χ4n) is 6.13. The van der Waals surface area contributed by atoms with Gasteiger partial charge in [0.15, 0.2) is 0 Å². The molecule has 158 valence electrons. The molecule has 1 unspecified atom stereocenters. The van der Waals surface area contributed by atoms with Crippen LogP contribution in [-0.2, 0) is 0 Å². The molecule has 0 bridgehead atoms. The molecule has 0 spiro atoms. The standard InChI is InChI=1S/C29H36O/c1-4-5-6-8-16-24-20-26-27(30)18-19-29(26,28(24)23-14-9-7-10-15-23)22(3)25-17-12-11-13-21(25)2/h7,9-15,17,26-27,30H,3-6,8,16,18-20H2,1-2H3/t26?,27-,29+/m1/s1. The number of aliphatic hydroxyl groups excluding tert-OH is 1. The molecule has 2 aliphatic carbocycles. The summed E-state index contributed by atoms with van der Waals surface area (Å²) in [5.74, 6) is 0.251. The number of aliphatic hydroxyl groups is 1. The van der Waals surface area contributed by atoms with Crippen molar-refractivity contribution in [2.45, 2.75) is 71.3 Å². The highest BCUT2D eigenvalue weighted by Crippen LogP contribution is 2.66. The smallest absolute Gasteiger partial charge is 0.0583 e. The second-order valence-electron chi connectivity index (χ2n) is 9.34. The van der Waals surface area contributed by atoms with Crippen LogP contribution >= 0.6 is 0 Å². The molecule has 2 aliphatic rings. The van der Waals surface area contributed by atoms with Gasteiger partial charge in [-0.2, -0.15) is 0 Å². The summed E-state index contributed by atoms with van der Waals surface area (Å²) in [4.78, 5) is 0. The van der Waals surface area contributed by atoms with Crippen LogP contribution in [0.15, 0.2) is 66.7 Å². The predicted molar refractivity (Wildman–Crippen MR) is 128 cm³/mol. The van der Waals surface area contributed by atoms with Gasteiger partial charge in [0, 0.05) is 11.3 Å². The molecule has 1 heteroatoms. The van der Waals surface area contributed by atoms with Crippen LogP contribution < -0.4 is 0 Å². The van der Waals surface area contributed by atoms with Crippen molar-refractivity contribution >= 4 is 11.1 Å². The maximum absolute atomic E-state index is 11.1. The van der Waals surface area contributed by atoms with Crippen LogP contribution in [0.1, 0.15) is 75.0 Å². The normalized spacial score (nSPS) is 25.6. The Bertz CT molecular complexity index is 922. The van der Waals surface area contributed by atoms with Crippen molar-refractivity contribution in [1.29, 1.82) is 0 Å². The highest BCUT2D eigenvalue weighted by Gasteiger charge is 2.56. The zero-order valence-electron chi connectivity index (χ0n) is 18.7. The van der Waals surface area contributed by atoms with E-state index in [0.29, 0.717) is 0 Å². The Labute approximate surface area is 182 Å². The molecule has 4 rings (SSSR count). The molecule has 2 aromatic carbocycles. The monoisotopic (exact) mass is 400 g/mol. The SMILES string of the molecule is C=C(c1ccccc1C)[C@@]12CC[C@@H](O)C1CC(CCCCCC)=C2c1ccccc1. The van der Waals surface area contributed by atoms with Gasteiger partial charge in [-0.1, -0.05) is 92.9 Å². The summed E-state index contributed by atoms with van der Waals surface area (Å²) in [6, 6.07) is 19.6. The van der Waals surface area contributed by atoms with Crippen LogP contribution in [0.4, 0.5) is 0 Å². The quantitative estimate of drug-likeness (QED) is 0.452. The third-order valence-electron chi connectivity index (χ3n) is 7.60. The van der Waals surface area contributed by atoms with Gasteiger partial charge >= 0.3 is 0 Å². The summed E-state index contributed by atoms with van der Waals surface area (Å²) < 4.78 is 0. The van der Waals surface area contributed by atoms with Crippen LogP contribution in [0.5, 0.6) is 0 Å². The van der Waals surface area contributed by atoms with Gasteiger partial charge in [0.05, 0.1) is 6.10 Å². The van der Waals surface area contributed by atoms with Gasteiger partial charge in [-0.3, -0.25) is 0 Å². The summed E-state index contributed by atoms with van der Waals surface area (Å²) >= 11 is 0. The second kappa shape index (κ2) is 8.94. The molecule has 0 heterocycles. The Kier molecular flexibility index (Phi) is 6.29. The Hall–Kier alpha value is -2.12. The van der Waals surface area contributed by atoms with Crippen molar-refractivity contribution in [3.63, 3.8) is 0 Å². The molecule has 1 saturated carbocycles. The number of unbranched alkanes of at least 4 members (excludes halogenated alkanes) is 3. The lowest BCUT2D eigenvalue weighted by molar-refractivity contribution is 0.120. The Morgan fingerprint density at radius 3 is 2.50 bits per heavy atom. The lowest BCUT2D eigenvalue weighted by atomic mass is 9.66. The molecule has 1 nitrogen and oxygen atoms in total. The molecule has 3 atom stereocenters. The second-order valence-corrected chi connectivity index (χ2v) is 9.34. The van der Waals surface area contributed by atoms with Crippen LogP contribution in [0.25, 0.3) is 11.1 Å². The van der Waals surface area contributed by atoms with Gasteiger partial charge in [0.2, 0.25) is 0 Å². The average Bonchev–Trinajstić information content (AvgIpc) is 3.27. The van der Waals surface area contributed by atoms with E-state index in [1.807, 2.05) is 0 Å². The predicted octanol–water partition coefficient (Wildman–Crippen LogP) is 7.59. The van der Waals surface area contributed by atoms with Crippen molar-refractivity contribution in [3.8, 4) is 0 Å². The van der Waals surface area contributed by atoms with E-state index < -0.39 is 0 Å². The van der Waals surface area contributed by atoms with Gasteiger partial charge < -0.3 is 5.11 Å². The minimum atomic E-state index is -0.238. The van der Waals surface area contributed by atoms with Crippen LogP contribution in [0.3, 0.4) is 0 Å². The third kappa shape index (κ3) is 3.58. The van der Waals surface area contributed by atoms with Crippen molar-refractivity contribution in [3.05, 3.63) is 83.4 Å². The number of allylic oxidation sites excluding steroid dienone is 3. The minimum Gasteiger partial charge on any atom is -0.393 e. The molecule has 0 aromatic heterocycles. The number of fused-ring (bicyclic) bond motifs is 1. The molecule has 2 aromatic rings. The fraction of sp³-hybridized carbons (Fsp3) is 0.448. The molecule has 1 fully saturated rings. The minimum absolute atomic E-state index is 0.146. The van der Waals surface area contributed by atoms with E-state index in [0.717, 1.165) is 25.7 Å². The van der Waals surface area contributed by atoms with Crippen LogP contribution in [0.2, 0.25) is 0 Å². The number of aryl methyl sites for hydroxylation is 1. The summed E-state index contributed by atoms with van der Waals surface area (Å²) in [6.07, 6.45) is 8.90. The average molecular weight is 401 g/mol. The van der Waals surface area contributed by atoms with Crippen molar-refractivity contribution in [2.75, 3.05) is 0 Å². The summed E-state index contributed by atoms with van der Waals surface area (Å²) in [7, 11) is 0. The first-order valence-corrected chi connectivity index (χ1v) is 11.8. The number of hydrogen-bond acceptors (Lipinski definition) is 1. The van der Waals surface area contributed by atoms with E-state index in [1.165, 1.54) is 53.5 Å². The lowest BCUT2D eigenvalue weighted by Gasteiger charge is -2.37. The van der Waals surface area contributed by atoms with E-state index in [1.54, 1.807) is 5.57 Å². The fourth-order valence-corrected chi connectivity index (χ4v) is 6.13. The third-order valence-corrected chi connectivity index (χ3v) is 7.60. The highest BCUT2D eigenvalue weighted by molar-refractivity contribution is 5.90. The number of rotatable bonds is 8. The van der Waals surface area contributed by atoms with Gasteiger partial charge in [-0.05, 0) is 66.9 Å². The van der Waals surface area contributed by atoms with E-state index in [4.69, 9.17) is 6.58 Å². The summed E-state index contributed by atoms with van der Waals surface area (Å²) in [6.45, 7) is 9.16. The zero-order chi connectivity index (χ0) is 21.1. The Morgan fingerprint density at radius 1 is 1.03 bits per heavy atom. The van der Waals surface area contributed by atoms with Gasteiger partial charge in [-0.15, -0.1) is 0 Å². The van der Waals surface area contributed by atoms with Gasteiger partial charge in [-0.25, -0.2) is 0 Å². The van der Waals surface area contributed by atoms with E-state index in [2.05, 4.69) is 68.4 Å². The molecular weight excluding hydrogens is 364 g/mol. The topological polar surface area (TPSA) is 20.2 Å². The maximum Gasteiger partial charge on any atom is 0.0583 e. The molecule has 0 amide bonds. The first-order chi connectivity index (χ1) is 14.6. The summed E-state index contributed by atoms with van der Waals surface area (Å²) in [5.41, 5.74) is 7.98. The molecule has 0 radical (unpaired) electrons. The lowest BCUT2D eigenvalue weighted by Crippen LogP contribution is -2.29. The van der Waals surface area contributed by atoms with E-state index in [-0.39, 0.29) is 17.4 Å². The van der Waals surface area contributed by atoms with Gasteiger partial charge in [0.1, 0.15) is 0 Å². The van der Waals surface area contributed by atoms with Crippen LogP contribution in [-0.4, -0.2) is 11.2 Å². The molecule has 1 N–H and O–H groups in total. The maximum atomic E-state index is 11.1. The van der Waals surface area contributed by atoms with Crippen molar-refractivity contribution in [1.82, 2.24) is 0 Å². The number of benzene rings is 2. The van der Waals surface area contributed by atoms with E-state index >= 15 is 0 Å². The van der Waals surface area contributed by atoms with Gasteiger partial charge in [0.25, 0.3) is 0 Å². The van der Waals surface area contributed by atoms with E-state index in [9.17, 15) is 5.11 Å². The summed E-state index contributed by atoms with van der Waals surface area (Å²) in [5, 5.41) is 11.1. The Morgan fingerprint density at radius 2 is 1.77 bits per heavy atom. The molecule has 0 aliphatic heterocycles. The number of hydrogen-bond donors (Lipinski definition) is 1. The first-order valence-electron chi connectivity index (χ1n) is 11.8. The largest absolute Gasteiger partial charge is 0.393 e. The van der Waals surface area contributed by atoms with Crippen molar-refractivity contribution in [2.24, 2.45) is 11.3 Å². The van der Waals surface area contributed by atoms with Crippen molar-refractivity contribution < 1.29 is 5.11 Å². The Balaban J connectivity index is 1.82. The highest BCUT2D eigenvalue weighted by atomic mass is 16.3. The molecule has 0 saturated heterocycles. The molecular formula is C29H36O. The zero-order valence-corrected chi connectivity index (χ0v) is 18.7.